The summed E-state index contributed by atoms with van der Waals surface area (Å²) in [4.78, 5) is 12.4. The lowest BCUT2D eigenvalue weighted by atomic mass is 10.1. The zero-order valence-corrected chi connectivity index (χ0v) is 13.7. The second kappa shape index (κ2) is 6.01. The van der Waals surface area contributed by atoms with E-state index in [2.05, 4.69) is 41.8 Å². The van der Waals surface area contributed by atoms with Crippen LogP contribution < -0.4 is 0 Å². The van der Waals surface area contributed by atoms with Gasteiger partial charge in [0, 0.05) is 16.6 Å². The summed E-state index contributed by atoms with van der Waals surface area (Å²) in [6.07, 6.45) is 4.79. The number of aldehydes is 1. The molecule has 2 aromatic rings. The SMILES string of the molecule is CCC(CC)n1cc(C=O)c(-c2cc(Br)sc2C)n1. The van der Waals surface area contributed by atoms with Gasteiger partial charge in [-0.3, -0.25) is 9.48 Å². The zero-order valence-electron chi connectivity index (χ0n) is 11.3. The summed E-state index contributed by atoms with van der Waals surface area (Å²) < 4.78 is 3.00. The molecule has 0 bridgehead atoms. The number of carbonyl (C=O) groups is 1. The molecule has 0 aliphatic heterocycles. The first-order chi connectivity index (χ1) is 9.10. The topological polar surface area (TPSA) is 34.9 Å². The maximum absolute atomic E-state index is 11.3. The average Bonchev–Trinajstić information content (AvgIpc) is 2.94. The van der Waals surface area contributed by atoms with Gasteiger partial charge in [-0.25, -0.2) is 0 Å². The van der Waals surface area contributed by atoms with Gasteiger partial charge in [0.15, 0.2) is 6.29 Å². The van der Waals surface area contributed by atoms with Crippen LogP contribution in [0.4, 0.5) is 0 Å². The highest BCUT2D eigenvalue weighted by Gasteiger charge is 2.17. The van der Waals surface area contributed by atoms with E-state index in [0.29, 0.717) is 11.6 Å². The highest BCUT2D eigenvalue weighted by atomic mass is 79.9. The second-order valence-electron chi connectivity index (χ2n) is 4.52. The quantitative estimate of drug-likeness (QED) is 0.728. The Kier molecular flexibility index (Phi) is 4.58. The molecule has 0 spiro atoms. The molecule has 2 aromatic heterocycles. The minimum absolute atomic E-state index is 0.356. The van der Waals surface area contributed by atoms with Crippen molar-refractivity contribution in [1.29, 1.82) is 0 Å². The van der Waals surface area contributed by atoms with Crippen molar-refractivity contribution in [2.24, 2.45) is 0 Å². The molecule has 0 amide bonds. The lowest BCUT2D eigenvalue weighted by Crippen LogP contribution is -2.07. The maximum atomic E-state index is 11.3. The minimum Gasteiger partial charge on any atom is -0.298 e. The number of nitrogens with zero attached hydrogens (tertiary/aromatic N) is 2. The summed E-state index contributed by atoms with van der Waals surface area (Å²) >= 11 is 5.15. The van der Waals surface area contributed by atoms with Crippen LogP contribution in [0.15, 0.2) is 16.0 Å². The summed E-state index contributed by atoms with van der Waals surface area (Å²) in [5.41, 5.74) is 2.50. The highest BCUT2D eigenvalue weighted by molar-refractivity contribution is 9.11. The van der Waals surface area contributed by atoms with Crippen molar-refractivity contribution in [2.45, 2.75) is 39.7 Å². The normalized spacial score (nSPS) is 11.2. The number of hydrogen-bond donors (Lipinski definition) is 0. The fourth-order valence-corrected chi connectivity index (χ4v) is 3.92. The third-order valence-electron chi connectivity index (χ3n) is 3.35. The van der Waals surface area contributed by atoms with Gasteiger partial charge in [-0.15, -0.1) is 11.3 Å². The Labute approximate surface area is 125 Å². The van der Waals surface area contributed by atoms with Crippen molar-refractivity contribution in [3.63, 3.8) is 0 Å². The van der Waals surface area contributed by atoms with E-state index in [1.165, 1.54) is 4.88 Å². The van der Waals surface area contributed by atoms with Crippen molar-refractivity contribution in [3.8, 4) is 11.3 Å². The van der Waals surface area contributed by atoms with E-state index < -0.39 is 0 Å². The van der Waals surface area contributed by atoms with E-state index in [-0.39, 0.29) is 0 Å². The Morgan fingerprint density at radius 3 is 2.63 bits per heavy atom. The first kappa shape index (κ1) is 14.5. The molecule has 102 valence electrons. The van der Waals surface area contributed by atoms with Crippen LogP contribution in [-0.4, -0.2) is 16.1 Å². The summed E-state index contributed by atoms with van der Waals surface area (Å²) in [5, 5.41) is 4.64. The molecule has 0 saturated heterocycles. The van der Waals surface area contributed by atoms with Gasteiger partial charge in [0.1, 0.15) is 5.69 Å². The number of halogens is 1. The van der Waals surface area contributed by atoms with Crippen molar-refractivity contribution < 1.29 is 4.79 Å². The Hall–Kier alpha value is -0.940. The van der Waals surface area contributed by atoms with E-state index >= 15 is 0 Å². The van der Waals surface area contributed by atoms with Crippen molar-refractivity contribution >= 4 is 33.6 Å². The third-order valence-corrected chi connectivity index (χ3v) is 4.90. The monoisotopic (exact) mass is 340 g/mol. The minimum atomic E-state index is 0.356. The van der Waals surface area contributed by atoms with Crippen LogP contribution in [0.1, 0.15) is 48.0 Å². The van der Waals surface area contributed by atoms with Crippen LogP contribution >= 0.6 is 27.3 Å². The Morgan fingerprint density at radius 1 is 1.47 bits per heavy atom. The second-order valence-corrected chi connectivity index (χ2v) is 7.16. The molecule has 0 N–H and O–H groups in total. The van der Waals surface area contributed by atoms with Crippen LogP contribution in [-0.2, 0) is 0 Å². The van der Waals surface area contributed by atoms with Crippen molar-refractivity contribution in [2.75, 3.05) is 0 Å². The molecule has 0 aromatic carbocycles. The van der Waals surface area contributed by atoms with E-state index in [1.54, 1.807) is 11.3 Å². The van der Waals surface area contributed by atoms with Gasteiger partial charge in [-0.1, -0.05) is 13.8 Å². The summed E-state index contributed by atoms with van der Waals surface area (Å²) in [6, 6.07) is 2.39. The molecule has 3 nitrogen and oxygen atoms in total. The van der Waals surface area contributed by atoms with Crippen LogP contribution in [0.5, 0.6) is 0 Å². The molecule has 0 atom stereocenters. The van der Waals surface area contributed by atoms with Gasteiger partial charge in [0.05, 0.1) is 15.4 Å². The maximum Gasteiger partial charge on any atom is 0.153 e. The molecule has 0 saturated carbocycles. The first-order valence-corrected chi connectivity index (χ1v) is 8.02. The first-order valence-electron chi connectivity index (χ1n) is 6.41. The molecule has 0 aliphatic rings. The number of rotatable bonds is 5. The summed E-state index contributed by atoms with van der Waals surface area (Å²) in [5.74, 6) is 0. The number of thiophene rings is 1. The van der Waals surface area contributed by atoms with Gasteiger partial charge in [0.2, 0.25) is 0 Å². The van der Waals surface area contributed by atoms with Crippen molar-refractivity contribution in [1.82, 2.24) is 9.78 Å². The predicted molar refractivity (Wildman–Crippen MR) is 83.0 cm³/mol. The molecule has 0 radical (unpaired) electrons. The lowest BCUT2D eigenvalue weighted by molar-refractivity contribution is 0.112. The fourth-order valence-electron chi connectivity index (χ4n) is 2.23. The number of aryl methyl sites for hydroxylation is 1. The number of carbonyl (C=O) groups excluding carboxylic acids is 1. The number of hydrogen-bond acceptors (Lipinski definition) is 3. The van der Waals surface area contributed by atoms with Gasteiger partial charge < -0.3 is 0 Å². The standard InChI is InChI=1S/C14H17BrN2OS/c1-4-11(5-2)17-7-10(8-18)14(16-17)12-6-13(15)19-9(12)3/h6-8,11H,4-5H2,1-3H3. The van der Waals surface area contributed by atoms with Gasteiger partial charge in [-0.05, 0) is 41.8 Å². The van der Waals surface area contributed by atoms with Crippen LogP contribution in [0.2, 0.25) is 0 Å². The highest BCUT2D eigenvalue weighted by Crippen LogP contribution is 2.35. The number of aromatic nitrogens is 2. The Bertz CT molecular complexity index is 584. The molecule has 0 fully saturated rings. The third kappa shape index (κ3) is 2.82. The fraction of sp³-hybridized carbons (Fsp3) is 0.429. The molecule has 0 unspecified atom stereocenters. The molecule has 2 rings (SSSR count). The van der Waals surface area contributed by atoms with E-state index in [0.717, 1.165) is 34.2 Å². The molecular weight excluding hydrogens is 324 g/mol. The molecular formula is C14H17BrN2OS. The van der Waals surface area contributed by atoms with Crippen molar-refractivity contribution in [3.05, 3.63) is 26.5 Å². The van der Waals surface area contributed by atoms with E-state index in [9.17, 15) is 4.79 Å². The predicted octanol–water partition coefficient (Wildman–Crippen LogP) is 4.86. The zero-order chi connectivity index (χ0) is 14.0. The van der Waals surface area contributed by atoms with Gasteiger partial charge >= 0.3 is 0 Å². The Balaban J connectivity index is 2.51. The molecule has 5 heteroatoms. The van der Waals surface area contributed by atoms with E-state index in [1.807, 2.05) is 16.9 Å². The van der Waals surface area contributed by atoms with Gasteiger partial charge in [0.25, 0.3) is 0 Å². The largest absolute Gasteiger partial charge is 0.298 e. The summed E-state index contributed by atoms with van der Waals surface area (Å²) in [7, 11) is 0. The lowest BCUT2D eigenvalue weighted by Gasteiger charge is -2.12. The molecule has 19 heavy (non-hydrogen) atoms. The van der Waals surface area contributed by atoms with Crippen LogP contribution in [0, 0.1) is 6.92 Å². The average molecular weight is 341 g/mol. The smallest absolute Gasteiger partial charge is 0.153 e. The summed E-state index contributed by atoms with van der Waals surface area (Å²) in [6.45, 7) is 6.33. The molecule has 0 aliphatic carbocycles. The van der Waals surface area contributed by atoms with E-state index in [4.69, 9.17) is 0 Å². The van der Waals surface area contributed by atoms with Crippen LogP contribution in [0.25, 0.3) is 11.3 Å². The molecule has 2 heterocycles. The van der Waals surface area contributed by atoms with Gasteiger partial charge in [-0.2, -0.15) is 5.10 Å². The van der Waals surface area contributed by atoms with Crippen LogP contribution in [0.3, 0.4) is 0 Å². The Morgan fingerprint density at radius 2 is 2.16 bits per heavy atom.